The molecule has 4 N–H and O–H groups in total. The molecule has 0 saturated heterocycles. The third-order valence-electron chi connectivity index (χ3n) is 1.51. The van der Waals surface area contributed by atoms with Crippen LogP contribution in [0, 0.1) is 0 Å². The molecule has 0 spiro atoms. The van der Waals surface area contributed by atoms with Crippen molar-refractivity contribution in [2.45, 2.75) is 0 Å². The maximum Gasteiger partial charge on any atom is 0.407 e. The Labute approximate surface area is 91.8 Å². The molecule has 1 aromatic carbocycles. The Morgan fingerprint density at radius 2 is 1.75 bits per heavy atom. The molecule has 16 heavy (non-hydrogen) atoms. The molecule has 0 aliphatic carbocycles. The highest BCUT2D eigenvalue weighted by Crippen LogP contribution is 2.57. The lowest BCUT2D eigenvalue weighted by molar-refractivity contribution is 0.274. The summed E-state index contributed by atoms with van der Waals surface area (Å²) in [6, 6.07) is 7.84. The van der Waals surface area contributed by atoms with Gasteiger partial charge in [0.05, 0.1) is 0 Å². The lowest BCUT2D eigenvalue weighted by Crippen LogP contribution is -2.07. The van der Waals surface area contributed by atoms with Crippen molar-refractivity contribution in [3.05, 3.63) is 30.3 Å². The lowest BCUT2D eigenvalue weighted by Gasteiger charge is -2.16. The zero-order valence-electron chi connectivity index (χ0n) is 8.09. The fourth-order valence-corrected chi connectivity index (χ4v) is 3.74. The van der Waals surface area contributed by atoms with Crippen molar-refractivity contribution < 1.29 is 28.1 Å². The lowest BCUT2D eigenvalue weighted by atomic mass is 10.3. The minimum Gasteiger partial charge on any atom is -0.423 e. The van der Waals surface area contributed by atoms with Gasteiger partial charge in [0.1, 0.15) is 5.75 Å². The predicted molar refractivity (Wildman–Crippen MR) is 56.9 cm³/mol. The predicted octanol–water partition coefficient (Wildman–Crippen LogP) is 1.28. The summed E-state index contributed by atoms with van der Waals surface area (Å²) in [4.78, 5) is 17.4. The molecule has 1 rings (SSSR count). The summed E-state index contributed by atoms with van der Waals surface area (Å²) in [7, 11) is -8.56. The summed E-state index contributed by atoms with van der Waals surface area (Å²) in [5, 5.41) is 0. The van der Waals surface area contributed by atoms with Gasteiger partial charge >= 0.3 is 15.2 Å². The summed E-state index contributed by atoms with van der Waals surface area (Å²) in [5.74, 6) is 3.82. The molecule has 0 aromatic heterocycles. The molecule has 0 amide bonds. The summed E-state index contributed by atoms with van der Waals surface area (Å²) >= 11 is 0. The van der Waals surface area contributed by atoms with Crippen LogP contribution in [0.5, 0.6) is 5.75 Å². The maximum absolute atomic E-state index is 11.7. The molecule has 0 aliphatic heterocycles. The van der Waals surface area contributed by atoms with Gasteiger partial charge in [0.25, 0.3) is 0 Å². The van der Waals surface area contributed by atoms with Gasteiger partial charge in [-0.05, 0) is 12.1 Å². The van der Waals surface area contributed by atoms with E-state index in [1.807, 2.05) is 0 Å². The fraction of sp³-hybridized carbons (Fsp3) is 0.143. The average molecular weight is 267 g/mol. The van der Waals surface area contributed by atoms with Crippen LogP contribution in [0.4, 0.5) is 0 Å². The molecular formula is C7H11NO6P2. The van der Waals surface area contributed by atoms with Gasteiger partial charge in [0.2, 0.25) is 0 Å². The molecule has 1 atom stereocenters. The Hall–Kier alpha value is -0.680. The molecule has 7 nitrogen and oxygen atoms in total. The molecule has 0 bridgehead atoms. The molecule has 0 radical (unpaired) electrons. The first kappa shape index (κ1) is 13.4. The van der Waals surface area contributed by atoms with E-state index in [0.29, 0.717) is 0 Å². The molecule has 0 aliphatic rings. The molecular weight excluding hydrogens is 256 g/mol. The van der Waals surface area contributed by atoms with Crippen LogP contribution in [0.1, 0.15) is 0 Å². The second-order valence-corrected chi connectivity index (χ2v) is 7.00. The van der Waals surface area contributed by atoms with Crippen LogP contribution in [0.2, 0.25) is 0 Å². The smallest absolute Gasteiger partial charge is 0.407 e. The van der Waals surface area contributed by atoms with Crippen molar-refractivity contribution in [1.82, 2.24) is 0 Å². The van der Waals surface area contributed by atoms with Crippen LogP contribution in [0.15, 0.2) is 30.3 Å². The van der Waals surface area contributed by atoms with Crippen LogP contribution in [-0.4, -0.2) is 15.7 Å². The second-order valence-electron chi connectivity index (χ2n) is 2.93. The zero-order chi connectivity index (χ0) is 12.2. The first-order valence-corrected chi connectivity index (χ1v) is 7.64. The number of hydrogen-bond donors (Lipinski definition) is 3. The Morgan fingerprint density at radius 3 is 2.19 bits per heavy atom. The molecule has 9 heteroatoms. The first-order valence-electron chi connectivity index (χ1n) is 4.11. The van der Waals surface area contributed by atoms with Gasteiger partial charge in [0.15, 0.2) is 5.90 Å². The quantitative estimate of drug-likeness (QED) is 0.543. The van der Waals surface area contributed by atoms with Crippen molar-refractivity contribution in [1.29, 1.82) is 0 Å². The molecule has 1 unspecified atom stereocenters. The number of hydrogen-bond acceptors (Lipinski definition) is 5. The van der Waals surface area contributed by atoms with E-state index in [1.54, 1.807) is 18.2 Å². The monoisotopic (exact) mass is 267 g/mol. The van der Waals surface area contributed by atoms with Crippen LogP contribution in [0.3, 0.4) is 0 Å². The van der Waals surface area contributed by atoms with Gasteiger partial charge in [-0.2, -0.15) is 0 Å². The highest BCUT2D eigenvalue weighted by molar-refractivity contribution is 7.70. The van der Waals surface area contributed by atoms with Gasteiger partial charge in [0, 0.05) is 0 Å². The van der Waals surface area contributed by atoms with E-state index in [0.717, 1.165) is 0 Å². The number of nitrogens with two attached hydrogens (primary N) is 1. The molecule has 0 saturated carbocycles. The third kappa shape index (κ3) is 4.45. The maximum atomic E-state index is 11.7. The number of para-hydroxylation sites is 1. The van der Waals surface area contributed by atoms with Crippen LogP contribution in [-0.2, 0) is 13.8 Å². The van der Waals surface area contributed by atoms with E-state index in [1.165, 1.54) is 12.1 Å². The fourth-order valence-electron chi connectivity index (χ4n) is 0.951. The van der Waals surface area contributed by atoms with Gasteiger partial charge in [-0.25, -0.2) is 15.1 Å². The minimum absolute atomic E-state index is 0.157. The normalized spacial score (nSPS) is 15.4. The van der Waals surface area contributed by atoms with Gasteiger partial charge < -0.3 is 14.3 Å². The van der Waals surface area contributed by atoms with E-state index in [2.05, 4.69) is 4.62 Å². The standard InChI is InChI=1S/C7H11NO6P2/c8-14-16(12,6-15(9,10)11)13-7-4-2-1-3-5-7/h1-5H,6,8H2,(H2,9,10,11). The van der Waals surface area contributed by atoms with Gasteiger partial charge in [-0.3, -0.25) is 4.57 Å². The average Bonchev–Trinajstić information content (AvgIpc) is 2.16. The van der Waals surface area contributed by atoms with Crippen molar-refractivity contribution in [2.24, 2.45) is 5.90 Å². The van der Waals surface area contributed by atoms with E-state index >= 15 is 0 Å². The minimum atomic E-state index is -4.53. The van der Waals surface area contributed by atoms with Crippen LogP contribution < -0.4 is 10.4 Å². The van der Waals surface area contributed by atoms with Crippen LogP contribution >= 0.6 is 15.2 Å². The molecule has 0 fully saturated rings. The van der Waals surface area contributed by atoms with E-state index in [9.17, 15) is 9.13 Å². The highest BCUT2D eigenvalue weighted by Gasteiger charge is 2.35. The zero-order valence-corrected chi connectivity index (χ0v) is 9.88. The van der Waals surface area contributed by atoms with Crippen molar-refractivity contribution in [3.8, 4) is 5.75 Å². The summed E-state index contributed by atoms with van der Waals surface area (Å²) in [6.07, 6.45) is 0. The molecule has 0 heterocycles. The molecule has 90 valence electrons. The third-order valence-corrected chi connectivity index (χ3v) is 5.18. The van der Waals surface area contributed by atoms with E-state index in [4.69, 9.17) is 20.2 Å². The first-order chi connectivity index (χ1) is 7.35. The van der Waals surface area contributed by atoms with E-state index in [-0.39, 0.29) is 5.75 Å². The number of rotatable bonds is 5. The highest BCUT2D eigenvalue weighted by atomic mass is 31.2. The Balaban J connectivity index is 2.83. The Morgan fingerprint density at radius 1 is 1.19 bits per heavy atom. The van der Waals surface area contributed by atoms with Gasteiger partial charge in [-0.15, -0.1) is 0 Å². The summed E-state index contributed by atoms with van der Waals surface area (Å²) < 4.78 is 31.3. The summed E-state index contributed by atoms with van der Waals surface area (Å²) in [6.45, 7) is 0. The largest absolute Gasteiger partial charge is 0.423 e. The Kier molecular flexibility index (Phi) is 4.27. The summed E-state index contributed by atoms with van der Waals surface area (Å²) in [5.41, 5.74) is 0. The van der Waals surface area contributed by atoms with Gasteiger partial charge in [-0.1, -0.05) is 18.2 Å². The SMILES string of the molecule is NOP(=O)(CP(=O)(O)O)Oc1ccccc1. The van der Waals surface area contributed by atoms with Crippen molar-refractivity contribution >= 4 is 15.2 Å². The van der Waals surface area contributed by atoms with Crippen LogP contribution in [0.25, 0.3) is 0 Å². The van der Waals surface area contributed by atoms with Crippen molar-refractivity contribution in [2.75, 3.05) is 5.90 Å². The number of benzene rings is 1. The van der Waals surface area contributed by atoms with Crippen molar-refractivity contribution in [3.63, 3.8) is 0 Å². The second kappa shape index (κ2) is 5.10. The Bertz CT molecular complexity index is 430. The topological polar surface area (TPSA) is 119 Å². The van der Waals surface area contributed by atoms with E-state index < -0.39 is 21.1 Å². The molecule has 1 aromatic rings.